The summed E-state index contributed by atoms with van der Waals surface area (Å²) in [5, 5.41) is 4.33. The minimum atomic E-state index is 0.538. The van der Waals surface area contributed by atoms with Crippen LogP contribution in [0, 0.1) is 6.92 Å². The lowest BCUT2D eigenvalue weighted by Gasteiger charge is -2.11. The molecule has 1 aliphatic heterocycles. The van der Waals surface area contributed by atoms with Crippen molar-refractivity contribution in [2.24, 2.45) is 5.73 Å². The van der Waals surface area contributed by atoms with E-state index < -0.39 is 0 Å². The first-order chi connectivity index (χ1) is 7.24. The van der Waals surface area contributed by atoms with Gasteiger partial charge in [-0.05, 0) is 43.5 Å². The molecule has 15 heavy (non-hydrogen) atoms. The molecule has 0 saturated heterocycles. The van der Waals surface area contributed by atoms with Gasteiger partial charge in [0.2, 0.25) is 0 Å². The Bertz CT molecular complexity index is 363. The smallest absolute Gasteiger partial charge is 0.0462 e. The highest BCUT2D eigenvalue weighted by molar-refractivity contribution is 6.32. The predicted molar refractivity (Wildman–Crippen MR) is 65.7 cm³/mol. The van der Waals surface area contributed by atoms with E-state index >= 15 is 0 Å². The summed E-state index contributed by atoms with van der Waals surface area (Å²) in [5.41, 5.74) is 9.36. The summed E-state index contributed by atoms with van der Waals surface area (Å²) < 4.78 is 0. The lowest BCUT2D eigenvalue weighted by Crippen LogP contribution is -2.06. The Hall–Kier alpha value is -0.730. The highest BCUT2D eigenvalue weighted by Crippen LogP contribution is 2.40. The maximum Gasteiger partial charge on any atom is 0.0462 e. The number of fused-ring (bicyclic) bond motifs is 1. The van der Waals surface area contributed by atoms with Crippen LogP contribution in [-0.4, -0.2) is 13.1 Å². The number of anilines is 1. The fourth-order valence-corrected chi connectivity index (χ4v) is 2.59. The van der Waals surface area contributed by atoms with E-state index in [1.54, 1.807) is 0 Å². The van der Waals surface area contributed by atoms with Crippen molar-refractivity contribution in [1.82, 2.24) is 0 Å². The van der Waals surface area contributed by atoms with Crippen LogP contribution in [0.25, 0.3) is 0 Å². The maximum atomic E-state index is 6.24. The van der Waals surface area contributed by atoms with Gasteiger partial charge in [-0.3, -0.25) is 0 Å². The summed E-state index contributed by atoms with van der Waals surface area (Å²) in [6, 6.07) is 4.07. The fraction of sp³-hybridized carbons (Fsp3) is 0.500. The van der Waals surface area contributed by atoms with Gasteiger partial charge in [0.15, 0.2) is 0 Å². The van der Waals surface area contributed by atoms with Crippen LogP contribution in [0.1, 0.15) is 29.9 Å². The van der Waals surface area contributed by atoms with Crippen LogP contribution >= 0.6 is 11.6 Å². The number of hydrogen-bond donors (Lipinski definition) is 2. The Morgan fingerprint density at radius 3 is 3.07 bits per heavy atom. The molecule has 3 N–H and O–H groups in total. The Labute approximate surface area is 95.8 Å². The van der Waals surface area contributed by atoms with Crippen molar-refractivity contribution in [3.8, 4) is 0 Å². The van der Waals surface area contributed by atoms with Gasteiger partial charge in [0.1, 0.15) is 0 Å². The second-order valence-electron chi connectivity index (χ2n) is 4.16. The lowest BCUT2D eigenvalue weighted by molar-refractivity contribution is 0.638. The van der Waals surface area contributed by atoms with Crippen LogP contribution in [0.5, 0.6) is 0 Å². The molecule has 2 rings (SSSR count). The van der Waals surface area contributed by atoms with Crippen molar-refractivity contribution >= 4 is 17.3 Å². The normalized spacial score (nSPS) is 18.7. The largest absolute Gasteiger partial charge is 0.384 e. The lowest BCUT2D eigenvalue weighted by atomic mass is 9.95. The molecule has 0 amide bonds. The van der Waals surface area contributed by atoms with Crippen LogP contribution in [0.4, 0.5) is 5.69 Å². The molecule has 0 bridgehead atoms. The number of hydrogen-bond acceptors (Lipinski definition) is 2. The summed E-state index contributed by atoms with van der Waals surface area (Å²) in [7, 11) is 0. The zero-order valence-corrected chi connectivity index (χ0v) is 9.77. The van der Waals surface area contributed by atoms with Gasteiger partial charge in [-0.1, -0.05) is 17.7 Å². The van der Waals surface area contributed by atoms with Crippen LogP contribution < -0.4 is 11.1 Å². The minimum Gasteiger partial charge on any atom is -0.384 e. The van der Waals surface area contributed by atoms with Gasteiger partial charge < -0.3 is 11.1 Å². The van der Waals surface area contributed by atoms with E-state index in [0.717, 1.165) is 31.0 Å². The van der Waals surface area contributed by atoms with Crippen LogP contribution in [0.3, 0.4) is 0 Å². The summed E-state index contributed by atoms with van der Waals surface area (Å²) in [6.45, 7) is 3.88. The first kappa shape index (κ1) is 10.8. The van der Waals surface area contributed by atoms with E-state index in [9.17, 15) is 0 Å². The second-order valence-corrected chi connectivity index (χ2v) is 4.57. The Morgan fingerprint density at radius 1 is 1.53 bits per heavy atom. The van der Waals surface area contributed by atoms with Gasteiger partial charge >= 0.3 is 0 Å². The molecule has 0 spiro atoms. The molecule has 1 atom stereocenters. The first-order valence-corrected chi connectivity index (χ1v) is 5.84. The van der Waals surface area contributed by atoms with Crippen molar-refractivity contribution in [3.05, 3.63) is 28.3 Å². The average molecular weight is 225 g/mol. The molecule has 0 aliphatic carbocycles. The van der Waals surface area contributed by atoms with Crippen molar-refractivity contribution in [2.45, 2.75) is 25.7 Å². The number of halogens is 1. The van der Waals surface area contributed by atoms with Crippen LogP contribution in [0.2, 0.25) is 5.02 Å². The zero-order valence-electron chi connectivity index (χ0n) is 9.02. The number of nitrogens with one attached hydrogen (secondary N) is 1. The molecule has 0 fully saturated rings. The molecule has 1 aliphatic rings. The molecule has 0 aromatic heterocycles. The van der Waals surface area contributed by atoms with Crippen LogP contribution in [-0.2, 0) is 0 Å². The first-order valence-electron chi connectivity index (χ1n) is 5.47. The minimum absolute atomic E-state index is 0.538. The number of nitrogens with two attached hydrogens (primary N) is 1. The fourth-order valence-electron chi connectivity index (χ4n) is 2.27. The van der Waals surface area contributed by atoms with Crippen molar-refractivity contribution in [1.29, 1.82) is 0 Å². The quantitative estimate of drug-likeness (QED) is 0.829. The molecule has 2 nitrogen and oxygen atoms in total. The Kier molecular flexibility index (Phi) is 3.17. The highest BCUT2D eigenvalue weighted by Gasteiger charge is 2.25. The van der Waals surface area contributed by atoms with Gasteiger partial charge in [0, 0.05) is 23.2 Å². The SMILES string of the molecule is Cc1ccc(Cl)c2c1NCC2CCCN. The Balaban J connectivity index is 2.28. The molecule has 1 aromatic rings. The van der Waals surface area contributed by atoms with E-state index in [1.165, 1.54) is 16.8 Å². The van der Waals surface area contributed by atoms with E-state index in [-0.39, 0.29) is 0 Å². The molecular formula is C12H17ClN2. The maximum absolute atomic E-state index is 6.24. The third kappa shape index (κ3) is 1.97. The summed E-state index contributed by atoms with van der Waals surface area (Å²) in [5.74, 6) is 0.538. The number of benzene rings is 1. The van der Waals surface area contributed by atoms with E-state index in [2.05, 4.69) is 18.3 Å². The molecular weight excluding hydrogens is 208 g/mol. The molecule has 1 heterocycles. The standard InChI is InChI=1S/C12H17ClN2/c1-8-4-5-10(13)11-9(3-2-6-14)7-15-12(8)11/h4-5,9,15H,2-3,6-7,14H2,1H3. The number of aryl methyl sites for hydroxylation is 1. The van der Waals surface area contributed by atoms with E-state index in [4.69, 9.17) is 17.3 Å². The molecule has 1 aromatic carbocycles. The molecule has 1 unspecified atom stereocenters. The van der Waals surface area contributed by atoms with Crippen molar-refractivity contribution < 1.29 is 0 Å². The second kappa shape index (κ2) is 4.42. The van der Waals surface area contributed by atoms with Crippen molar-refractivity contribution in [2.75, 3.05) is 18.4 Å². The van der Waals surface area contributed by atoms with Gasteiger partial charge in [-0.15, -0.1) is 0 Å². The van der Waals surface area contributed by atoms with Gasteiger partial charge in [0.25, 0.3) is 0 Å². The van der Waals surface area contributed by atoms with Gasteiger partial charge in [0.05, 0.1) is 0 Å². The summed E-state index contributed by atoms with van der Waals surface area (Å²) >= 11 is 6.24. The highest BCUT2D eigenvalue weighted by atomic mass is 35.5. The monoisotopic (exact) mass is 224 g/mol. The average Bonchev–Trinajstić information content (AvgIpc) is 2.65. The van der Waals surface area contributed by atoms with Crippen molar-refractivity contribution in [3.63, 3.8) is 0 Å². The van der Waals surface area contributed by atoms with E-state index in [1.807, 2.05) is 6.07 Å². The third-order valence-electron chi connectivity index (χ3n) is 3.09. The molecule has 82 valence electrons. The van der Waals surface area contributed by atoms with Gasteiger partial charge in [-0.25, -0.2) is 0 Å². The third-order valence-corrected chi connectivity index (χ3v) is 3.42. The molecule has 3 heteroatoms. The molecule has 0 saturated carbocycles. The zero-order chi connectivity index (χ0) is 10.8. The predicted octanol–water partition coefficient (Wildman–Crippen LogP) is 2.90. The van der Waals surface area contributed by atoms with E-state index in [0.29, 0.717) is 5.92 Å². The Morgan fingerprint density at radius 2 is 2.33 bits per heavy atom. The number of rotatable bonds is 3. The van der Waals surface area contributed by atoms with Gasteiger partial charge in [-0.2, -0.15) is 0 Å². The van der Waals surface area contributed by atoms with Crippen LogP contribution in [0.15, 0.2) is 12.1 Å². The topological polar surface area (TPSA) is 38.0 Å². The molecule has 0 radical (unpaired) electrons. The summed E-state index contributed by atoms with van der Waals surface area (Å²) in [6.07, 6.45) is 2.19. The summed E-state index contributed by atoms with van der Waals surface area (Å²) in [4.78, 5) is 0.